The lowest BCUT2D eigenvalue weighted by molar-refractivity contribution is -0.384. The molecule has 5 aromatic heterocycles. The summed E-state index contributed by atoms with van der Waals surface area (Å²) in [5, 5.41) is 69.6. The number of hydrogen-bond acceptors (Lipinski definition) is 31. The Kier molecular flexibility index (Phi) is 27.8. The minimum Gasteiger partial charge on any atom is -0.399 e. The Balaban J connectivity index is 0.000000132. The summed E-state index contributed by atoms with van der Waals surface area (Å²) < 4.78 is 137. The number of non-ortho nitro benzene ring substituents is 1. The molecule has 0 aliphatic heterocycles. The molecule has 43 heteroatoms. The lowest BCUT2D eigenvalue weighted by Crippen LogP contribution is -2.24. The largest absolute Gasteiger partial charge is 0.399 e. The normalized spacial score (nSPS) is 13.5. The van der Waals surface area contributed by atoms with Crippen LogP contribution in [0.25, 0.3) is 83.8 Å². The minimum absolute atomic E-state index is 0.0220. The molecule has 1 amide bonds. The third-order valence-electron chi connectivity index (χ3n) is 22.9. The van der Waals surface area contributed by atoms with Crippen molar-refractivity contribution in [3.8, 4) is 80.2 Å². The number of nitrogens with one attached hydrogen (secondary N) is 1. The minimum atomic E-state index is -4.36. The molecule has 148 heavy (non-hydrogen) atoms. The third-order valence-corrected chi connectivity index (χ3v) is 31.1. The maximum absolute atomic E-state index is 13.5. The molecule has 5 aliphatic rings. The van der Waals surface area contributed by atoms with Crippen LogP contribution in [-0.4, -0.2) is 153 Å². The van der Waals surface area contributed by atoms with Crippen molar-refractivity contribution in [2.24, 2.45) is 0 Å². The van der Waals surface area contributed by atoms with Crippen molar-refractivity contribution in [3.05, 3.63) is 400 Å². The smallest absolute Gasteiger partial charge is 0.283 e. The van der Waals surface area contributed by atoms with Gasteiger partial charge in [-0.2, -0.15) is 56.3 Å². The van der Waals surface area contributed by atoms with Gasteiger partial charge in [0.1, 0.15) is 41.4 Å². The molecular formula is C105H64N14O24S5. The fraction of sp³-hybridized carbons (Fsp3) is 0.0190. The number of hydrogen-bond donors (Lipinski definition) is 3. The van der Waals surface area contributed by atoms with E-state index in [1.807, 2.05) is 12.1 Å². The number of nitrogens with zero attached hydrogens (tertiary/aromatic N) is 12. The Labute approximate surface area is 839 Å². The number of fused-ring (bicyclic) bond motifs is 5. The third kappa shape index (κ3) is 18.8. The number of aromatic nitrogens is 7. The Morgan fingerprint density at radius 3 is 0.899 bits per heavy atom. The molecule has 0 radical (unpaired) electrons. The van der Waals surface area contributed by atoms with Gasteiger partial charge in [0.15, 0.2) is 0 Å². The number of nitrogens with two attached hydrogens (primary N) is 1. The maximum atomic E-state index is 13.5. The second kappa shape index (κ2) is 40.7. The molecule has 728 valence electrons. The number of aliphatic hydroxyl groups excluding tert-OH is 1. The van der Waals surface area contributed by atoms with Crippen molar-refractivity contribution in [1.82, 2.24) is 30.3 Å². The highest BCUT2D eigenvalue weighted by molar-refractivity contribution is 7.91. The van der Waals surface area contributed by atoms with E-state index in [4.69, 9.17) is 5.73 Å². The van der Waals surface area contributed by atoms with Crippen molar-refractivity contribution in [2.75, 3.05) is 17.7 Å². The van der Waals surface area contributed by atoms with Gasteiger partial charge in [0.25, 0.3) is 55.8 Å². The van der Waals surface area contributed by atoms with Crippen molar-refractivity contribution in [2.45, 2.75) is 31.4 Å². The number of nitro benzene ring substituents is 1. The van der Waals surface area contributed by atoms with Gasteiger partial charge in [0, 0.05) is 107 Å². The summed E-state index contributed by atoms with van der Waals surface area (Å²) in [4.78, 5) is 145. The second-order valence-corrected chi connectivity index (χ2v) is 41.0. The number of ketones is 10. The molecule has 0 unspecified atom stereocenters. The molecule has 38 nitrogen and oxygen atoms in total. The average Bonchev–Trinajstić information content (AvgIpc) is 1.58. The number of carbonyl (C=O) groups is 11. The first kappa shape index (κ1) is 101. The van der Waals surface area contributed by atoms with Crippen molar-refractivity contribution in [3.63, 3.8) is 0 Å². The summed E-state index contributed by atoms with van der Waals surface area (Å²) in [6.07, 6.45) is 8.03. The first-order valence-corrected chi connectivity index (χ1v) is 50.3. The number of allylic oxidation sites excluding steroid dienone is 9. The van der Waals surface area contributed by atoms with Crippen LogP contribution in [0.3, 0.4) is 0 Å². The van der Waals surface area contributed by atoms with E-state index in [1.165, 1.54) is 98.3 Å². The SMILES string of the molecule is CC(=O)Nc1ccc(S(=O)(=O)n2cc(-c3ccccc3)c3c2C(C#N)=CC(=O)C3=O)cc1.N#CC1=CC(=O)C(=O)c2c(-c3ccccc3)cn(S(=O)(=O)c3ccc(N)cc3)c21.N#CC1=CC(=O)C(=O)c2c(-c3ccccc3)cn(S(=O)(=O)c3ccc([N+](=O)[O-])cc3)c21.N#CC1=CC(=O)C(=O)c2c(-c3ccccc3)nn(S(=O)(=O)c3ccccc3)c21.O=C1C=C(CO)c2c(c(-c3ccccc3)nn2S(=O)(=O)c2ccccc2)C1=O. The molecule has 15 aromatic rings. The van der Waals surface area contributed by atoms with Crippen molar-refractivity contribution >= 4 is 159 Å². The first-order chi connectivity index (χ1) is 70.7. The van der Waals surface area contributed by atoms with Crippen LogP contribution in [0.2, 0.25) is 0 Å². The molecule has 10 aromatic carbocycles. The standard InChI is InChI=1S/C23H15N3O5S.C21H11N3O6S.C21H13N3O4S.C20H11N3O4S.C20H14N2O5S/c1-14(27)25-17-7-9-18(10-8-17)32(30,31)26-13-19(15-5-3-2-4-6-15)21-22(26)16(12-24)11-20(28)23(21)29;22-11-14-10-18(25)21(26)19-17(13-4-2-1-3-5-13)12-23(20(14)19)31(29,30)16-8-6-15(7-9-16)24(27)28;22-11-14-10-18(25)21(26)19-17(13-4-2-1-3-5-13)12-24(20(14)19)29(27,28)16-8-6-15(23)7-9-16;21-12-14-11-16(24)20(25)17-18(13-7-3-1-4-8-13)22-23(19(14)17)28(26,27)15-9-5-2-6-10-15;23-12-14-11-16(24)20(25)17-18(13-7-3-1-4-8-13)21-22(19(14)17)28(26,27)15-9-5-2-6-10-15/h2-11,13H,1H3,(H,25,27);1-10,12H;1-10,12H,23H2;1-11H;1-11,23H,12H2. The van der Waals surface area contributed by atoms with Gasteiger partial charge in [0.05, 0.1) is 109 Å². The number of nitrogen functional groups attached to an aromatic ring is 1. The summed E-state index contributed by atoms with van der Waals surface area (Å²) in [5.41, 5.74) is 7.08. The molecule has 0 bridgehead atoms. The van der Waals surface area contributed by atoms with Crippen LogP contribution in [0.15, 0.2) is 359 Å². The lowest BCUT2D eigenvalue weighted by atomic mass is 9.91. The highest BCUT2D eigenvalue weighted by atomic mass is 32.2. The van der Waals surface area contributed by atoms with Crippen LogP contribution in [-0.2, 0) is 78.9 Å². The Morgan fingerprint density at radius 1 is 0.345 bits per heavy atom. The molecule has 20 rings (SSSR count). The lowest BCUT2D eigenvalue weighted by Gasteiger charge is -2.14. The van der Waals surface area contributed by atoms with Crippen LogP contribution in [0, 0.1) is 55.4 Å². The Morgan fingerprint density at radius 2 is 0.601 bits per heavy atom. The maximum Gasteiger partial charge on any atom is 0.283 e. The molecule has 4 N–H and O–H groups in total. The quantitative estimate of drug-likeness (QED) is 0.0311. The Hall–Kier alpha value is -19.8. The predicted octanol–water partition coefficient (Wildman–Crippen LogP) is 13.0. The number of anilines is 2. The summed E-state index contributed by atoms with van der Waals surface area (Å²) in [6, 6.07) is 80.1. The van der Waals surface area contributed by atoms with E-state index in [-0.39, 0.29) is 148 Å². The monoisotopic (exact) mass is 2060 g/mol. The van der Waals surface area contributed by atoms with Crippen LogP contribution >= 0.6 is 0 Å². The fourth-order valence-corrected chi connectivity index (χ4v) is 22.9. The number of nitro groups is 1. The summed E-state index contributed by atoms with van der Waals surface area (Å²) in [7, 11) is -21.1. The van der Waals surface area contributed by atoms with Gasteiger partial charge in [-0.05, 0) is 108 Å². The highest BCUT2D eigenvalue weighted by Gasteiger charge is 2.44. The molecule has 0 spiro atoms. The molecular weight excluding hydrogens is 2000 g/mol. The molecule has 0 saturated carbocycles. The van der Waals surface area contributed by atoms with Crippen LogP contribution in [0.4, 0.5) is 17.1 Å². The van der Waals surface area contributed by atoms with Gasteiger partial charge in [-0.3, -0.25) is 62.9 Å². The van der Waals surface area contributed by atoms with E-state index in [9.17, 15) is 131 Å². The van der Waals surface area contributed by atoms with Crippen molar-refractivity contribution < 1.29 is 105 Å². The average molecular weight is 2070 g/mol. The fourth-order valence-electron chi connectivity index (χ4n) is 16.1. The number of rotatable bonds is 18. The van der Waals surface area contributed by atoms with Gasteiger partial charge in [-0.25, -0.2) is 37.2 Å². The molecule has 5 heterocycles. The zero-order chi connectivity index (χ0) is 106. The molecule has 0 atom stereocenters. The van der Waals surface area contributed by atoms with Gasteiger partial charge < -0.3 is 16.2 Å². The number of Topliss-reactive ketones (excluding diaryl/α,β-unsaturated/α-hetero) is 5. The highest BCUT2D eigenvalue weighted by Crippen LogP contribution is 2.44. The number of carbonyl (C=O) groups excluding carboxylic acids is 11. The second-order valence-electron chi connectivity index (χ2n) is 32.0. The van der Waals surface area contributed by atoms with E-state index in [0.717, 1.165) is 70.6 Å². The van der Waals surface area contributed by atoms with Gasteiger partial charge in [-0.15, -0.1) is 0 Å². The van der Waals surface area contributed by atoms with Gasteiger partial charge in [0.2, 0.25) is 63.7 Å². The van der Waals surface area contributed by atoms with Crippen LogP contribution in [0.1, 0.15) is 87.2 Å². The summed E-state index contributed by atoms with van der Waals surface area (Å²) in [6.45, 7) is 0.714. The number of benzene rings is 10. The van der Waals surface area contributed by atoms with Gasteiger partial charge >= 0.3 is 0 Å². The first-order valence-electron chi connectivity index (χ1n) is 43.1. The summed E-state index contributed by atoms with van der Waals surface area (Å²) in [5.74, 6) is -9.13. The zero-order valence-corrected chi connectivity index (χ0v) is 79.9. The summed E-state index contributed by atoms with van der Waals surface area (Å²) >= 11 is 0. The van der Waals surface area contributed by atoms with Crippen molar-refractivity contribution in [1.29, 1.82) is 21.0 Å². The van der Waals surface area contributed by atoms with Gasteiger partial charge in [-0.1, -0.05) is 188 Å². The van der Waals surface area contributed by atoms with E-state index in [2.05, 4.69) is 15.5 Å². The number of nitriles is 4. The topological polar surface area (TPSA) is 605 Å². The van der Waals surface area contributed by atoms with E-state index < -0.39 is 119 Å². The van der Waals surface area contributed by atoms with E-state index in [0.29, 0.717) is 43.3 Å². The predicted molar refractivity (Wildman–Crippen MR) is 532 cm³/mol. The van der Waals surface area contributed by atoms with Crippen LogP contribution in [0.5, 0.6) is 0 Å². The molecule has 0 saturated heterocycles. The Bertz CT molecular complexity index is 9250. The van der Waals surface area contributed by atoms with E-state index in [1.54, 1.807) is 200 Å². The molecule has 0 fully saturated rings. The zero-order valence-electron chi connectivity index (χ0n) is 75.8. The number of amides is 1. The van der Waals surface area contributed by atoms with Crippen LogP contribution < -0.4 is 11.1 Å². The molecule has 5 aliphatic carbocycles. The number of aliphatic hydroxyl groups is 1. The van der Waals surface area contributed by atoms with E-state index >= 15 is 0 Å².